The van der Waals surface area contributed by atoms with E-state index in [-0.39, 0.29) is 18.6 Å². The molecule has 1 heterocycles. The van der Waals surface area contributed by atoms with Gasteiger partial charge in [-0.25, -0.2) is 4.98 Å². The van der Waals surface area contributed by atoms with Crippen LogP contribution in [0.15, 0.2) is 18.3 Å². The van der Waals surface area contributed by atoms with Gasteiger partial charge in [0.15, 0.2) is 0 Å². The first-order valence-corrected chi connectivity index (χ1v) is 9.95. The number of nitrogens with zero attached hydrogens (tertiary/aromatic N) is 2. The maximum atomic E-state index is 11.8. The number of pyridine rings is 1. The van der Waals surface area contributed by atoms with E-state index in [2.05, 4.69) is 57.0 Å². The fourth-order valence-electron chi connectivity index (χ4n) is 3.05. The van der Waals surface area contributed by atoms with Crippen molar-refractivity contribution in [3.8, 4) is 0 Å². The molecular formula is C17H25ClIN3O2. The standard InChI is InChI=1S/C17H25ClIN3O2/c1-22(16-7-4-14(19)10-20-16)11-13-2-5-15(6-3-13)21-17(23)12-24-9-8-18/h4,7,10,13,15H,2-3,5-6,8-9,11-12H2,1H3,(H,21,23)/t13-,15-. The molecule has 0 radical (unpaired) electrons. The molecular weight excluding hydrogens is 441 g/mol. The van der Waals surface area contributed by atoms with Crippen molar-refractivity contribution in [2.75, 3.05) is 37.6 Å². The minimum Gasteiger partial charge on any atom is -0.370 e. The molecule has 1 aliphatic rings. The van der Waals surface area contributed by atoms with Crippen molar-refractivity contribution >= 4 is 45.9 Å². The molecule has 0 spiro atoms. The second-order valence-corrected chi connectivity index (χ2v) is 7.87. The Balaban J connectivity index is 1.68. The molecule has 1 N–H and O–H groups in total. The minimum atomic E-state index is -0.0382. The van der Waals surface area contributed by atoms with E-state index >= 15 is 0 Å². The molecule has 0 bridgehead atoms. The summed E-state index contributed by atoms with van der Waals surface area (Å²) >= 11 is 7.79. The van der Waals surface area contributed by atoms with Crippen molar-refractivity contribution in [1.82, 2.24) is 10.3 Å². The average Bonchev–Trinajstić information content (AvgIpc) is 2.57. The van der Waals surface area contributed by atoms with E-state index in [1.54, 1.807) is 0 Å². The van der Waals surface area contributed by atoms with E-state index in [4.69, 9.17) is 16.3 Å². The zero-order valence-corrected chi connectivity index (χ0v) is 16.9. The molecule has 7 heteroatoms. The Morgan fingerprint density at radius 1 is 1.42 bits per heavy atom. The highest BCUT2D eigenvalue weighted by Crippen LogP contribution is 2.26. The highest BCUT2D eigenvalue weighted by Gasteiger charge is 2.23. The summed E-state index contributed by atoms with van der Waals surface area (Å²) in [5, 5.41) is 3.06. The van der Waals surface area contributed by atoms with Crippen LogP contribution in [0.5, 0.6) is 0 Å². The zero-order valence-electron chi connectivity index (χ0n) is 14.0. The second kappa shape index (κ2) is 10.4. The molecule has 0 aromatic carbocycles. The third-order valence-electron chi connectivity index (χ3n) is 4.30. The van der Waals surface area contributed by atoms with Crippen molar-refractivity contribution in [3.63, 3.8) is 0 Å². The summed E-state index contributed by atoms with van der Waals surface area (Å²) in [7, 11) is 2.09. The third-order valence-corrected chi connectivity index (χ3v) is 5.09. The molecule has 24 heavy (non-hydrogen) atoms. The summed E-state index contributed by atoms with van der Waals surface area (Å²) in [6.45, 7) is 1.53. The molecule has 1 aromatic rings. The molecule has 1 amide bonds. The van der Waals surface area contributed by atoms with Gasteiger partial charge in [-0.05, 0) is 66.3 Å². The molecule has 0 saturated heterocycles. The molecule has 1 saturated carbocycles. The monoisotopic (exact) mass is 465 g/mol. The quantitative estimate of drug-likeness (QED) is 0.364. The van der Waals surface area contributed by atoms with Gasteiger partial charge in [0.05, 0.1) is 6.61 Å². The van der Waals surface area contributed by atoms with E-state index in [0.717, 1.165) is 41.6 Å². The largest absolute Gasteiger partial charge is 0.370 e. The molecule has 0 unspecified atom stereocenters. The van der Waals surface area contributed by atoms with Crippen molar-refractivity contribution in [2.24, 2.45) is 5.92 Å². The molecule has 1 aliphatic carbocycles. The number of amides is 1. The maximum absolute atomic E-state index is 11.8. The van der Waals surface area contributed by atoms with Crippen LogP contribution < -0.4 is 10.2 Å². The van der Waals surface area contributed by atoms with Crippen molar-refractivity contribution in [2.45, 2.75) is 31.7 Å². The van der Waals surface area contributed by atoms with Crippen LogP contribution in [0.3, 0.4) is 0 Å². The molecule has 1 aromatic heterocycles. The van der Waals surface area contributed by atoms with Crippen molar-refractivity contribution in [3.05, 3.63) is 21.9 Å². The molecule has 0 atom stereocenters. The molecule has 2 rings (SSSR count). The number of rotatable bonds is 8. The van der Waals surface area contributed by atoms with Crippen LogP contribution in [0.2, 0.25) is 0 Å². The first kappa shape index (κ1) is 19.7. The summed E-state index contributed by atoms with van der Waals surface area (Å²) in [5.41, 5.74) is 0. The van der Waals surface area contributed by atoms with Gasteiger partial charge in [0.2, 0.25) is 5.91 Å². The summed E-state index contributed by atoms with van der Waals surface area (Å²) in [4.78, 5) is 18.5. The van der Waals surface area contributed by atoms with Crippen molar-refractivity contribution < 1.29 is 9.53 Å². The van der Waals surface area contributed by atoms with Gasteiger partial charge in [0.1, 0.15) is 12.4 Å². The van der Waals surface area contributed by atoms with E-state index in [1.807, 2.05) is 6.20 Å². The number of hydrogen-bond donors (Lipinski definition) is 1. The van der Waals surface area contributed by atoms with Gasteiger partial charge in [-0.2, -0.15) is 0 Å². The molecule has 0 aliphatic heterocycles. The lowest BCUT2D eigenvalue weighted by Gasteiger charge is -2.32. The Labute approximate surface area is 162 Å². The van der Waals surface area contributed by atoms with E-state index in [9.17, 15) is 4.79 Å². The molecule has 5 nitrogen and oxygen atoms in total. The van der Waals surface area contributed by atoms with Gasteiger partial charge in [-0.3, -0.25) is 4.79 Å². The van der Waals surface area contributed by atoms with Crippen LogP contribution in [-0.4, -0.2) is 49.6 Å². The van der Waals surface area contributed by atoms with Gasteiger partial charge >= 0.3 is 0 Å². The number of aromatic nitrogens is 1. The summed E-state index contributed by atoms with van der Waals surface area (Å²) < 4.78 is 6.31. The smallest absolute Gasteiger partial charge is 0.246 e. The first-order valence-electron chi connectivity index (χ1n) is 8.34. The number of anilines is 1. The molecule has 134 valence electrons. The Morgan fingerprint density at radius 2 is 2.17 bits per heavy atom. The predicted octanol–water partition coefficient (Wildman–Crippen LogP) is 3.05. The zero-order chi connectivity index (χ0) is 17.4. The van der Waals surface area contributed by atoms with E-state index in [0.29, 0.717) is 18.4 Å². The van der Waals surface area contributed by atoms with Crippen LogP contribution in [-0.2, 0) is 9.53 Å². The minimum absolute atomic E-state index is 0.0382. The lowest BCUT2D eigenvalue weighted by molar-refractivity contribution is -0.126. The SMILES string of the molecule is CN(C[C@H]1CC[C@H](NC(=O)COCCCl)CC1)c1ccc(I)cn1. The number of hydrogen-bond acceptors (Lipinski definition) is 4. The van der Waals surface area contributed by atoms with Gasteiger partial charge in [-0.1, -0.05) is 0 Å². The highest BCUT2D eigenvalue weighted by atomic mass is 127. The number of ether oxygens (including phenoxy) is 1. The fourth-order valence-corrected chi connectivity index (χ4v) is 3.48. The highest BCUT2D eigenvalue weighted by molar-refractivity contribution is 14.1. The number of carbonyl (C=O) groups excluding carboxylic acids is 1. The van der Waals surface area contributed by atoms with Crippen LogP contribution in [0.4, 0.5) is 5.82 Å². The number of carbonyl (C=O) groups is 1. The van der Waals surface area contributed by atoms with Crippen molar-refractivity contribution in [1.29, 1.82) is 0 Å². The Hall–Kier alpha value is -0.600. The Bertz CT molecular complexity index is 507. The van der Waals surface area contributed by atoms with Crippen LogP contribution in [0.1, 0.15) is 25.7 Å². The topological polar surface area (TPSA) is 54.5 Å². The summed E-state index contributed by atoms with van der Waals surface area (Å²) in [6, 6.07) is 4.42. The lowest BCUT2D eigenvalue weighted by Crippen LogP contribution is -2.41. The predicted molar refractivity (Wildman–Crippen MR) is 106 cm³/mol. The average molecular weight is 466 g/mol. The number of halogens is 2. The summed E-state index contributed by atoms with van der Waals surface area (Å²) in [5.74, 6) is 2.05. The number of alkyl halides is 1. The molecule has 1 fully saturated rings. The van der Waals surface area contributed by atoms with E-state index in [1.165, 1.54) is 0 Å². The third kappa shape index (κ3) is 6.72. The second-order valence-electron chi connectivity index (χ2n) is 6.24. The van der Waals surface area contributed by atoms with Gasteiger partial charge in [-0.15, -0.1) is 11.6 Å². The van der Waals surface area contributed by atoms with Crippen LogP contribution in [0.25, 0.3) is 0 Å². The normalized spacial score (nSPS) is 20.6. The number of nitrogens with one attached hydrogen (secondary N) is 1. The lowest BCUT2D eigenvalue weighted by atomic mass is 9.85. The first-order chi connectivity index (χ1) is 11.6. The Kier molecular flexibility index (Phi) is 8.55. The van der Waals surface area contributed by atoms with Crippen LogP contribution >= 0.6 is 34.2 Å². The van der Waals surface area contributed by atoms with E-state index < -0.39 is 0 Å². The van der Waals surface area contributed by atoms with Crippen LogP contribution in [0, 0.1) is 9.49 Å². The summed E-state index contributed by atoms with van der Waals surface area (Å²) in [6.07, 6.45) is 6.20. The van der Waals surface area contributed by atoms with Gasteiger partial charge in [0, 0.05) is 35.3 Å². The fraction of sp³-hybridized carbons (Fsp3) is 0.647. The van der Waals surface area contributed by atoms with Gasteiger partial charge in [0.25, 0.3) is 0 Å². The Morgan fingerprint density at radius 3 is 2.79 bits per heavy atom. The maximum Gasteiger partial charge on any atom is 0.246 e. The van der Waals surface area contributed by atoms with Gasteiger partial charge < -0.3 is 15.0 Å².